The highest BCUT2D eigenvalue weighted by molar-refractivity contribution is 5.77. The number of aryl methyl sites for hydroxylation is 2. The van der Waals surface area contributed by atoms with Crippen molar-refractivity contribution in [2.75, 3.05) is 0 Å². The van der Waals surface area contributed by atoms with Crippen molar-refractivity contribution in [1.82, 2.24) is 4.57 Å². The van der Waals surface area contributed by atoms with Crippen LogP contribution in [0.2, 0.25) is 0 Å². The highest BCUT2D eigenvalue weighted by Crippen LogP contribution is 2.17. The van der Waals surface area contributed by atoms with Gasteiger partial charge in [0.05, 0.1) is 14.1 Å². The molecule has 1 aromatic rings. The third-order valence-electron chi connectivity index (χ3n) is 1.53. The van der Waals surface area contributed by atoms with Crippen LogP contribution in [0.4, 0.5) is 13.2 Å². The molecule has 7 heteroatoms. The molecule has 0 saturated carbocycles. The first-order valence-corrected chi connectivity index (χ1v) is 3.62. The second-order valence-corrected chi connectivity index (χ2v) is 2.69. The topological polar surface area (TPSA) is 35.1 Å². The molecule has 4 nitrogen and oxygen atoms in total. The lowest BCUT2D eigenvalue weighted by atomic mass is 10.7. The van der Waals surface area contributed by atoms with Crippen LogP contribution in [0.5, 0.6) is 6.01 Å². The molecule has 0 amide bonds. The van der Waals surface area contributed by atoms with E-state index in [9.17, 15) is 18.0 Å². The van der Waals surface area contributed by atoms with Gasteiger partial charge in [0.25, 0.3) is 0 Å². The molecule has 78 valence electrons. The first kappa shape index (κ1) is 10.6. The maximum absolute atomic E-state index is 11.8. The van der Waals surface area contributed by atoms with Gasteiger partial charge in [-0.2, -0.15) is 22.3 Å². The van der Waals surface area contributed by atoms with Crippen molar-refractivity contribution < 1.29 is 27.3 Å². The Morgan fingerprint density at radius 2 is 2.14 bits per heavy atom. The number of rotatable bonds is 1. The molecular formula is C7H8F3N2O2+. The standard InChI is InChI=1S/C7H8F3N2O2/c1-11-3-4-12(2)6(11)14-5(13)7(8,9)10/h3-4H,1-2H3/q+1. The van der Waals surface area contributed by atoms with Crippen LogP contribution in [0, 0.1) is 0 Å². The van der Waals surface area contributed by atoms with Crippen molar-refractivity contribution in [3.8, 4) is 6.01 Å². The number of hydrogen-bond donors (Lipinski definition) is 0. The molecule has 0 bridgehead atoms. The largest absolute Gasteiger partial charge is 0.491 e. The average molecular weight is 209 g/mol. The lowest BCUT2D eigenvalue weighted by Gasteiger charge is -2.03. The zero-order valence-corrected chi connectivity index (χ0v) is 7.50. The fourth-order valence-electron chi connectivity index (χ4n) is 0.861. The van der Waals surface area contributed by atoms with Gasteiger partial charge < -0.3 is 4.74 Å². The Balaban J connectivity index is 2.85. The van der Waals surface area contributed by atoms with Crippen LogP contribution in [0.25, 0.3) is 0 Å². The molecule has 14 heavy (non-hydrogen) atoms. The van der Waals surface area contributed by atoms with Crippen molar-refractivity contribution in [2.45, 2.75) is 6.18 Å². The normalized spacial score (nSPS) is 11.5. The van der Waals surface area contributed by atoms with Crippen molar-refractivity contribution in [2.24, 2.45) is 14.1 Å². The van der Waals surface area contributed by atoms with E-state index >= 15 is 0 Å². The number of nitrogens with zero attached hydrogens (tertiary/aromatic N) is 2. The van der Waals surface area contributed by atoms with Gasteiger partial charge in [-0.1, -0.05) is 0 Å². The molecule has 0 atom stereocenters. The summed E-state index contributed by atoms with van der Waals surface area (Å²) in [7, 11) is 2.94. The fraction of sp³-hybridized carbons (Fsp3) is 0.429. The Hall–Kier alpha value is -1.53. The van der Waals surface area contributed by atoms with E-state index in [-0.39, 0.29) is 6.01 Å². The highest BCUT2D eigenvalue weighted by atomic mass is 19.4. The number of imidazole rings is 1. The Labute approximate surface area is 77.5 Å². The predicted octanol–water partition coefficient (Wildman–Crippen LogP) is 0.317. The van der Waals surface area contributed by atoms with Crippen LogP contribution in [-0.4, -0.2) is 16.7 Å². The van der Waals surface area contributed by atoms with Crippen LogP contribution in [-0.2, 0) is 18.9 Å². The number of ether oxygens (including phenoxy) is 1. The summed E-state index contributed by atoms with van der Waals surface area (Å²) in [6.07, 6.45) is -2.03. The minimum absolute atomic E-state index is 0.174. The van der Waals surface area contributed by atoms with Crippen molar-refractivity contribution in [3.63, 3.8) is 0 Å². The maximum Gasteiger partial charge on any atom is 0.491 e. The lowest BCUT2D eigenvalue weighted by molar-refractivity contribution is -0.675. The van der Waals surface area contributed by atoms with Crippen LogP contribution in [0.3, 0.4) is 0 Å². The van der Waals surface area contributed by atoms with Gasteiger partial charge in [0.1, 0.15) is 12.4 Å². The Morgan fingerprint density at radius 3 is 2.50 bits per heavy atom. The summed E-state index contributed by atoms with van der Waals surface area (Å²) >= 11 is 0. The van der Waals surface area contributed by atoms with E-state index in [0.717, 1.165) is 0 Å². The number of carbonyl (C=O) groups excluding carboxylic acids is 1. The van der Waals surface area contributed by atoms with E-state index < -0.39 is 12.1 Å². The zero-order chi connectivity index (χ0) is 10.9. The molecule has 1 heterocycles. The van der Waals surface area contributed by atoms with Crippen LogP contribution in [0.15, 0.2) is 12.4 Å². The van der Waals surface area contributed by atoms with Crippen LogP contribution in [0.1, 0.15) is 0 Å². The first-order valence-electron chi connectivity index (χ1n) is 3.62. The highest BCUT2D eigenvalue weighted by Gasteiger charge is 2.43. The van der Waals surface area contributed by atoms with Gasteiger partial charge in [-0.3, -0.25) is 0 Å². The third kappa shape index (κ3) is 2.04. The minimum Gasteiger partial charge on any atom is -0.350 e. The van der Waals surface area contributed by atoms with Gasteiger partial charge in [0.2, 0.25) is 0 Å². The van der Waals surface area contributed by atoms with Gasteiger partial charge in [-0.05, 0) is 0 Å². The van der Waals surface area contributed by atoms with E-state index in [2.05, 4.69) is 4.74 Å². The van der Waals surface area contributed by atoms with E-state index in [0.29, 0.717) is 0 Å². The molecule has 1 rings (SSSR count). The molecule has 0 aliphatic rings. The van der Waals surface area contributed by atoms with Crippen LogP contribution >= 0.6 is 0 Å². The van der Waals surface area contributed by atoms with E-state index in [1.807, 2.05) is 0 Å². The zero-order valence-electron chi connectivity index (χ0n) is 7.50. The Bertz CT molecular complexity index is 337. The maximum atomic E-state index is 11.8. The molecular weight excluding hydrogens is 201 g/mol. The van der Waals surface area contributed by atoms with Gasteiger partial charge >= 0.3 is 18.2 Å². The quantitative estimate of drug-likeness (QED) is 0.493. The second-order valence-electron chi connectivity index (χ2n) is 2.69. The SMILES string of the molecule is Cn1cc[n+](C)c1OC(=O)C(F)(F)F. The number of esters is 1. The van der Waals surface area contributed by atoms with Gasteiger partial charge in [-0.15, -0.1) is 0 Å². The molecule has 0 radical (unpaired) electrons. The fourth-order valence-corrected chi connectivity index (χ4v) is 0.861. The van der Waals surface area contributed by atoms with Crippen molar-refractivity contribution in [3.05, 3.63) is 12.4 Å². The number of hydrogen-bond acceptors (Lipinski definition) is 2. The molecule has 0 spiro atoms. The second kappa shape index (κ2) is 3.32. The summed E-state index contributed by atoms with van der Waals surface area (Å²) in [4.78, 5) is 10.5. The average Bonchev–Trinajstić information content (AvgIpc) is 2.34. The minimum atomic E-state index is -4.97. The number of alkyl halides is 3. The molecule has 0 fully saturated rings. The number of halogens is 3. The monoisotopic (exact) mass is 209 g/mol. The third-order valence-corrected chi connectivity index (χ3v) is 1.53. The summed E-state index contributed by atoms with van der Waals surface area (Å²) in [5.74, 6) is -2.23. The van der Waals surface area contributed by atoms with Gasteiger partial charge in [0.15, 0.2) is 0 Å². The van der Waals surface area contributed by atoms with Crippen LogP contribution < -0.4 is 9.30 Å². The molecule has 0 aromatic carbocycles. The van der Waals surface area contributed by atoms with Crippen molar-refractivity contribution in [1.29, 1.82) is 0 Å². The van der Waals surface area contributed by atoms with E-state index in [1.165, 1.54) is 35.6 Å². The molecule has 0 N–H and O–H groups in total. The Kier molecular flexibility index (Phi) is 2.50. The number of carbonyl (C=O) groups is 1. The number of aromatic nitrogens is 2. The van der Waals surface area contributed by atoms with E-state index in [4.69, 9.17) is 0 Å². The summed E-state index contributed by atoms with van der Waals surface area (Å²) in [5, 5.41) is 0. The first-order chi connectivity index (χ1) is 6.32. The summed E-state index contributed by atoms with van der Waals surface area (Å²) in [6.45, 7) is 0. The summed E-state index contributed by atoms with van der Waals surface area (Å²) in [6, 6.07) is -0.174. The van der Waals surface area contributed by atoms with Crippen molar-refractivity contribution >= 4 is 5.97 Å². The smallest absolute Gasteiger partial charge is 0.350 e. The predicted molar refractivity (Wildman–Crippen MR) is 38.3 cm³/mol. The molecule has 0 aliphatic carbocycles. The lowest BCUT2D eigenvalue weighted by Crippen LogP contribution is -2.35. The van der Waals surface area contributed by atoms with Gasteiger partial charge in [-0.25, -0.2) is 4.79 Å². The van der Waals surface area contributed by atoms with Gasteiger partial charge in [0, 0.05) is 0 Å². The molecule has 1 aromatic heterocycles. The molecule has 0 unspecified atom stereocenters. The van der Waals surface area contributed by atoms with E-state index in [1.54, 1.807) is 0 Å². The Morgan fingerprint density at radius 1 is 1.57 bits per heavy atom. The summed E-state index contributed by atoms with van der Waals surface area (Å²) < 4.78 is 42.1. The molecule has 0 aliphatic heterocycles. The molecule has 0 saturated heterocycles. The summed E-state index contributed by atoms with van der Waals surface area (Å²) in [5.41, 5.74) is 0.